The summed E-state index contributed by atoms with van der Waals surface area (Å²) in [6.45, 7) is 3.92. The van der Waals surface area contributed by atoms with Crippen molar-refractivity contribution in [2.24, 2.45) is 5.92 Å². The molecule has 1 heterocycles. The molecule has 112 valence electrons. The molecule has 0 radical (unpaired) electrons. The largest absolute Gasteiger partial charge is 0.496 e. The van der Waals surface area contributed by atoms with E-state index in [2.05, 4.69) is 15.5 Å². The van der Waals surface area contributed by atoms with Crippen LogP contribution in [0.25, 0.3) is 11.4 Å². The molecule has 1 aromatic carbocycles. The first-order valence-corrected chi connectivity index (χ1v) is 6.68. The number of ether oxygens (including phenoxy) is 1. The second-order valence-electron chi connectivity index (χ2n) is 5.13. The van der Waals surface area contributed by atoms with Crippen LogP contribution in [0.2, 0.25) is 0 Å². The monoisotopic (exact) mass is 290 g/mol. The van der Waals surface area contributed by atoms with Crippen molar-refractivity contribution < 1.29 is 14.6 Å². The lowest BCUT2D eigenvalue weighted by atomic mass is 10.0. The summed E-state index contributed by atoms with van der Waals surface area (Å²) in [6, 6.07) is 6.44. The molecule has 0 spiro atoms. The summed E-state index contributed by atoms with van der Waals surface area (Å²) in [4.78, 5) is 11.5. The number of hydrogen-bond acceptors (Lipinski definition) is 5. The minimum Gasteiger partial charge on any atom is -0.496 e. The van der Waals surface area contributed by atoms with Crippen molar-refractivity contribution in [2.45, 2.75) is 26.3 Å². The zero-order chi connectivity index (χ0) is 15.4. The Labute approximate surface area is 122 Å². The highest BCUT2D eigenvalue weighted by atomic mass is 16.5. The maximum absolute atomic E-state index is 11.5. The van der Waals surface area contributed by atoms with Crippen molar-refractivity contribution in [3.8, 4) is 17.1 Å². The first kappa shape index (κ1) is 15.0. The van der Waals surface area contributed by atoms with E-state index >= 15 is 0 Å². The third-order valence-corrected chi connectivity index (χ3v) is 3.12. The number of hydrogen-bond donors (Lipinski definition) is 1. The molecule has 0 saturated heterocycles. The lowest BCUT2D eigenvalue weighted by molar-refractivity contribution is -0.141. The Morgan fingerprint density at radius 2 is 2.10 bits per heavy atom. The Morgan fingerprint density at radius 1 is 1.38 bits per heavy atom. The second-order valence-corrected chi connectivity index (χ2v) is 5.13. The second kappa shape index (κ2) is 6.34. The Bertz CT molecular complexity index is 624. The van der Waals surface area contributed by atoms with E-state index in [1.54, 1.807) is 19.2 Å². The van der Waals surface area contributed by atoms with E-state index in [1.807, 2.05) is 26.0 Å². The highest BCUT2D eigenvalue weighted by Gasteiger charge is 2.26. The van der Waals surface area contributed by atoms with Crippen LogP contribution in [-0.2, 0) is 4.79 Å². The van der Waals surface area contributed by atoms with Gasteiger partial charge in [-0.15, -0.1) is 5.10 Å². The Kier molecular flexibility index (Phi) is 4.52. The Balaban J connectivity index is 2.48. The van der Waals surface area contributed by atoms with Crippen LogP contribution in [0.5, 0.6) is 5.75 Å². The van der Waals surface area contributed by atoms with E-state index in [0.29, 0.717) is 23.6 Å². The number of para-hydroxylation sites is 1. The van der Waals surface area contributed by atoms with Gasteiger partial charge in [0.2, 0.25) is 0 Å². The molecule has 0 saturated carbocycles. The van der Waals surface area contributed by atoms with E-state index in [1.165, 1.54) is 4.68 Å². The van der Waals surface area contributed by atoms with Gasteiger partial charge >= 0.3 is 5.97 Å². The van der Waals surface area contributed by atoms with E-state index < -0.39 is 12.0 Å². The molecule has 7 heteroatoms. The SMILES string of the molecule is COc1ccccc1-c1nnnn1C(CC(C)C)C(=O)O. The standard InChI is InChI=1S/C14H18N4O3/c1-9(2)8-11(14(19)20)18-13(15-16-17-18)10-6-4-5-7-12(10)21-3/h4-7,9,11H,8H2,1-3H3,(H,19,20). The molecule has 21 heavy (non-hydrogen) atoms. The van der Waals surface area contributed by atoms with Gasteiger partial charge in [-0.1, -0.05) is 26.0 Å². The van der Waals surface area contributed by atoms with Gasteiger partial charge in [-0.25, -0.2) is 9.48 Å². The summed E-state index contributed by atoms with van der Waals surface area (Å²) in [5.74, 6) is 0.246. The summed E-state index contributed by atoms with van der Waals surface area (Å²) < 4.78 is 6.64. The fourth-order valence-electron chi connectivity index (χ4n) is 2.16. The third-order valence-electron chi connectivity index (χ3n) is 3.12. The normalized spacial score (nSPS) is 12.4. The zero-order valence-corrected chi connectivity index (χ0v) is 12.2. The first-order valence-electron chi connectivity index (χ1n) is 6.68. The van der Waals surface area contributed by atoms with Crippen molar-refractivity contribution in [1.29, 1.82) is 0 Å². The predicted molar refractivity (Wildman–Crippen MR) is 75.9 cm³/mol. The van der Waals surface area contributed by atoms with Gasteiger partial charge in [0.1, 0.15) is 5.75 Å². The topological polar surface area (TPSA) is 90.1 Å². The fourth-order valence-corrected chi connectivity index (χ4v) is 2.16. The van der Waals surface area contributed by atoms with Crippen LogP contribution in [0.15, 0.2) is 24.3 Å². The summed E-state index contributed by atoms with van der Waals surface area (Å²) in [5.41, 5.74) is 0.667. The first-order chi connectivity index (χ1) is 10.0. The predicted octanol–water partition coefficient (Wildman–Crippen LogP) is 2.02. The smallest absolute Gasteiger partial charge is 0.328 e. The molecule has 7 nitrogen and oxygen atoms in total. The Hall–Kier alpha value is -2.44. The maximum atomic E-state index is 11.5. The molecule has 1 aromatic heterocycles. The van der Waals surface area contributed by atoms with Gasteiger partial charge in [-0.3, -0.25) is 0 Å². The van der Waals surface area contributed by atoms with Crippen molar-refractivity contribution in [1.82, 2.24) is 20.2 Å². The highest BCUT2D eigenvalue weighted by molar-refractivity contribution is 5.73. The molecule has 1 N–H and O–H groups in total. The van der Waals surface area contributed by atoms with Gasteiger partial charge in [0.25, 0.3) is 0 Å². The van der Waals surface area contributed by atoms with E-state index in [0.717, 1.165) is 0 Å². The van der Waals surface area contributed by atoms with Gasteiger partial charge in [0.05, 0.1) is 12.7 Å². The molecule has 1 unspecified atom stereocenters. The molecular weight excluding hydrogens is 272 g/mol. The molecule has 0 aliphatic rings. The maximum Gasteiger partial charge on any atom is 0.328 e. The van der Waals surface area contributed by atoms with E-state index in [4.69, 9.17) is 4.74 Å². The number of carboxylic acid groups (broad SMARTS) is 1. The molecule has 2 rings (SSSR count). The highest BCUT2D eigenvalue weighted by Crippen LogP contribution is 2.30. The number of rotatable bonds is 6. The van der Waals surface area contributed by atoms with Gasteiger partial charge in [0, 0.05) is 0 Å². The van der Waals surface area contributed by atoms with E-state index in [-0.39, 0.29) is 5.92 Å². The average molecular weight is 290 g/mol. The minimum atomic E-state index is -0.952. The number of tetrazole rings is 1. The van der Waals surface area contributed by atoms with Gasteiger partial charge < -0.3 is 9.84 Å². The Morgan fingerprint density at radius 3 is 2.71 bits per heavy atom. The molecule has 0 aliphatic heterocycles. The van der Waals surface area contributed by atoms with Crippen molar-refractivity contribution in [3.63, 3.8) is 0 Å². The lowest BCUT2D eigenvalue weighted by Crippen LogP contribution is -2.23. The number of carboxylic acids is 1. The third kappa shape index (κ3) is 3.18. The van der Waals surface area contributed by atoms with E-state index in [9.17, 15) is 9.90 Å². The number of carbonyl (C=O) groups is 1. The number of benzene rings is 1. The van der Waals surface area contributed by atoms with Gasteiger partial charge in [-0.05, 0) is 34.9 Å². The number of nitrogens with zero attached hydrogens (tertiary/aromatic N) is 4. The van der Waals surface area contributed by atoms with Crippen LogP contribution in [0, 0.1) is 5.92 Å². The summed E-state index contributed by atoms with van der Waals surface area (Å²) in [5, 5.41) is 20.9. The summed E-state index contributed by atoms with van der Waals surface area (Å²) >= 11 is 0. The van der Waals surface area contributed by atoms with Crippen LogP contribution >= 0.6 is 0 Å². The minimum absolute atomic E-state index is 0.209. The molecular formula is C14H18N4O3. The molecule has 0 amide bonds. The number of methoxy groups -OCH3 is 1. The number of aliphatic carboxylic acids is 1. The fraction of sp³-hybridized carbons (Fsp3) is 0.429. The van der Waals surface area contributed by atoms with Crippen molar-refractivity contribution in [2.75, 3.05) is 7.11 Å². The van der Waals surface area contributed by atoms with Crippen LogP contribution in [0.3, 0.4) is 0 Å². The van der Waals surface area contributed by atoms with Gasteiger partial charge in [0.15, 0.2) is 11.9 Å². The molecule has 0 aliphatic carbocycles. The number of aromatic nitrogens is 4. The molecule has 1 atom stereocenters. The van der Waals surface area contributed by atoms with Crippen molar-refractivity contribution >= 4 is 5.97 Å². The molecule has 0 bridgehead atoms. The van der Waals surface area contributed by atoms with Crippen LogP contribution in [0.4, 0.5) is 0 Å². The summed E-state index contributed by atoms with van der Waals surface area (Å²) in [6.07, 6.45) is 0.447. The molecule has 0 fully saturated rings. The van der Waals surface area contributed by atoms with Crippen molar-refractivity contribution in [3.05, 3.63) is 24.3 Å². The average Bonchev–Trinajstić information content (AvgIpc) is 2.93. The van der Waals surface area contributed by atoms with Crippen LogP contribution < -0.4 is 4.74 Å². The van der Waals surface area contributed by atoms with Gasteiger partial charge in [-0.2, -0.15) is 0 Å². The van der Waals surface area contributed by atoms with Crippen LogP contribution in [0.1, 0.15) is 26.3 Å². The lowest BCUT2D eigenvalue weighted by Gasteiger charge is -2.16. The zero-order valence-electron chi connectivity index (χ0n) is 12.2. The van der Waals surface area contributed by atoms with Crippen LogP contribution in [-0.4, -0.2) is 38.4 Å². The quantitative estimate of drug-likeness (QED) is 0.875. The summed E-state index contributed by atoms with van der Waals surface area (Å²) in [7, 11) is 1.55. The molecule has 2 aromatic rings.